The molecule has 23 heavy (non-hydrogen) atoms. The first-order valence-corrected chi connectivity index (χ1v) is 8.87. The van der Waals surface area contributed by atoms with E-state index in [1.54, 1.807) is 0 Å². The zero-order valence-corrected chi connectivity index (χ0v) is 14.6. The summed E-state index contributed by atoms with van der Waals surface area (Å²) in [5.41, 5.74) is 1.18. The Labute approximate surface area is 147 Å². The largest absolute Gasteiger partial charge is 0.379 e. The molecule has 2 fully saturated rings. The van der Waals surface area contributed by atoms with Gasteiger partial charge >= 0.3 is 0 Å². The standard InChI is InChI=1S/C17H22Cl2N2O2/c18-14-3-2-13(10-15(14)19)17(4-1-5-17)12-20-16(22)11-21-6-8-23-9-7-21/h2-3,10H,1,4-9,11-12H2,(H,20,22). The van der Waals surface area contributed by atoms with Gasteiger partial charge in [-0.15, -0.1) is 0 Å². The molecule has 1 aliphatic heterocycles. The summed E-state index contributed by atoms with van der Waals surface area (Å²) in [7, 11) is 0. The summed E-state index contributed by atoms with van der Waals surface area (Å²) in [4.78, 5) is 14.3. The van der Waals surface area contributed by atoms with E-state index in [2.05, 4.69) is 10.2 Å². The highest BCUT2D eigenvalue weighted by Gasteiger charge is 2.39. The van der Waals surface area contributed by atoms with Gasteiger partial charge in [-0.05, 0) is 30.5 Å². The van der Waals surface area contributed by atoms with Crippen molar-refractivity contribution in [2.24, 2.45) is 0 Å². The van der Waals surface area contributed by atoms with Crippen molar-refractivity contribution in [2.45, 2.75) is 24.7 Å². The Morgan fingerprint density at radius 3 is 2.57 bits per heavy atom. The molecule has 1 N–H and O–H groups in total. The number of hydrogen-bond acceptors (Lipinski definition) is 3. The third-order valence-electron chi connectivity index (χ3n) is 4.94. The predicted octanol–water partition coefficient (Wildman–Crippen LogP) is 2.86. The number of amides is 1. The smallest absolute Gasteiger partial charge is 0.234 e. The Morgan fingerprint density at radius 2 is 1.96 bits per heavy atom. The van der Waals surface area contributed by atoms with Gasteiger partial charge in [-0.2, -0.15) is 0 Å². The highest BCUT2D eigenvalue weighted by molar-refractivity contribution is 6.42. The second-order valence-corrected chi connectivity index (χ2v) is 7.24. The molecule has 1 aromatic carbocycles. The monoisotopic (exact) mass is 356 g/mol. The van der Waals surface area contributed by atoms with Crippen LogP contribution >= 0.6 is 23.2 Å². The zero-order valence-electron chi connectivity index (χ0n) is 13.1. The molecule has 0 spiro atoms. The van der Waals surface area contributed by atoms with E-state index >= 15 is 0 Å². The van der Waals surface area contributed by atoms with Crippen LogP contribution in [0.2, 0.25) is 10.0 Å². The summed E-state index contributed by atoms with van der Waals surface area (Å²) in [6, 6.07) is 5.81. The van der Waals surface area contributed by atoms with Crippen molar-refractivity contribution in [3.8, 4) is 0 Å². The third-order valence-corrected chi connectivity index (χ3v) is 5.68. The van der Waals surface area contributed by atoms with Crippen molar-refractivity contribution >= 4 is 29.1 Å². The van der Waals surface area contributed by atoms with E-state index in [1.807, 2.05) is 18.2 Å². The van der Waals surface area contributed by atoms with E-state index in [1.165, 1.54) is 12.0 Å². The molecule has 1 aliphatic carbocycles. The third kappa shape index (κ3) is 4.00. The van der Waals surface area contributed by atoms with Crippen LogP contribution < -0.4 is 5.32 Å². The predicted molar refractivity (Wildman–Crippen MR) is 92.3 cm³/mol. The lowest BCUT2D eigenvalue weighted by molar-refractivity contribution is -0.123. The molecule has 4 nitrogen and oxygen atoms in total. The number of nitrogens with zero attached hydrogens (tertiary/aromatic N) is 1. The fourth-order valence-electron chi connectivity index (χ4n) is 3.28. The Balaban J connectivity index is 1.58. The van der Waals surface area contributed by atoms with Gasteiger partial charge in [-0.25, -0.2) is 0 Å². The summed E-state index contributed by atoms with van der Waals surface area (Å²) in [6.45, 7) is 4.17. The molecule has 0 aromatic heterocycles. The Kier molecular flexibility index (Phi) is 5.47. The first-order valence-electron chi connectivity index (χ1n) is 8.11. The van der Waals surface area contributed by atoms with Crippen LogP contribution in [0.4, 0.5) is 0 Å². The van der Waals surface area contributed by atoms with Crippen molar-refractivity contribution in [2.75, 3.05) is 39.4 Å². The molecular formula is C17H22Cl2N2O2. The minimum Gasteiger partial charge on any atom is -0.379 e. The number of morpholine rings is 1. The fraction of sp³-hybridized carbons (Fsp3) is 0.588. The van der Waals surface area contributed by atoms with E-state index in [9.17, 15) is 4.79 Å². The van der Waals surface area contributed by atoms with Gasteiger partial charge in [0.2, 0.25) is 5.91 Å². The number of hydrogen-bond donors (Lipinski definition) is 1. The van der Waals surface area contributed by atoms with Crippen LogP contribution in [0.5, 0.6) is 0 Å². The van der Waals surface area contributed by atoms with Gasteiger partial charge in [-0.3, -0.25) is 9.69 Å². The molecule has 2 aliphatic rings. The summed E-state index contributed by atoms with van der Waals surface area (Å²) in [5, 5.41) is 4.26. The lowest BCUT2D eigenvalue weighted by Crippen LogP contribution is -2.49. The van der Waals surface area contributed by atoms with Gasteiger partial charge < -0.3 is 10.1 Å². The van der Waals surface area contributed by atoms with Gasteiger partial charge in [0.1, 0.15) is 0 Å². The summed E-state index contributed by atoms with van der Waals surface area (Å²) >= 11 is 12.2. The van der Waals surface area contributed by atoms with Crippen LogP contribution in [0.1, 0.15) is 24.8 Å². The molecule has 126 valence electrons. The average molecular weight is 357 g/mol. The van der Waals surface area contributed by atoms with Gasteiger partial charge in [0.25, 0.3) is 0 Å². The van der Waals surface area contributed by atoms with Crippen molar-refractivity contribution in [1.29, 1.82) is 0 Å². The maximum absolute atomic E-state index is 12.2. The molecule has 1 saturated carbocycles. The van der Waals surface area contributed by atoms with Crippen molar-refractivity contribution in [3.05, 3.63) is 33.8 Å². The fourth-order valence-corrected chi connectivity index (χ4v) is 3.58. The zero-order chi connectivity index (χ0) is 16.3. The highest BCUT2D eigenvalue weighted by Crippen LogP contribution is 2.44. The van der Waals surface area contributed by atoms with E-state index in [4.69, 9.17) is 27.9 Å². The molecule has 0 radical (unpaired) electrons. The number of carbonyl (C=O) groups excluding carboxylic acids is 1. The molecule has 1 heterocycles. The number of benzene rings is 1. The SMILES string of the molecule is O=C(CN1CCOCC1)NCC1(c2ccc(Cl)c(Cl)c2)CCC1. The Bertz CT molecular complexity index is 570. The summed E-state index contributed by atoms with van der Waals surface area (Å²) < 4.78 is 5.30. The molecule has 0 unspecified atom stereocenters. The lowest BCUT2D eigenvalue weighted by atomic mass is 9.64. The van der Waals surface area contributed by atoms with Gasteiger partial charge in [0, 0.05) is 25.0 Å². The molecule has 3 rings (SSSR count). The van der Waals surface area contributed by atoms with Crippen LogP contribution in [-0.2, 0) is 14.9 Å². The first kappa shape index (κ1) is 17.0. The molecule has 1 amide bonds. The van der Waals surface area contributed by atoms with Crippen LogP contribution in [0.3, 0.4) is 0 Å². The average Bonchev–Trinajstić information content (AvgIpc) is 2.50. The summed E-state index contributed by atoms with van der Waals surface area (Å²) in [6.07, 6.45) is 3.32. The Morgan fingerprint density at radius 1 is 1.22 bits per heavy atom. The molecule has 1 aromatic rings. The number of rotatable bonds is 5. The van der Waals surface area contributed by atoms with Gasteiger partial charge in [0.05, 0.1) is 29.8 Å². The van der Waals surface area contributed by atoms with E-state index in [0.29, 0.717) is 36.3 Å². The number of nitrogens with one attached hydrogen (secondary N) is 1. The summed E-state index contributed by atoms with van der Waals surface area (Å²) in [5.74, 6) is 0.0817. The highest BCUT2D eigenvalue weighted by atomic mass is 35.5. The van der Waals surface area contributed by atoms with Crippen LogP contribution in [-0.4, -0.2) is 50.2 Å². The normalized spacial score (nSPS) is 20.8. The van der Waals surface area contributed by atoms with Crippen LogP contribution in [0.15, 0.2) is 18.2 Å². The topological polar surface area (TPSA) is 41.6 Å². The molecule has 0 atom stereocenters. The van der Waals surface area contributed by atoms with Crippen molar-refractivity contribution < 1.29 is 9.53 Å². The minimum absolute atomic E-state index is 0.00883. The van der Waals surface area contributed by atoms with E-state index < -0.39 is 0 Å². The van der Waals surface area contributed by atoms with Crippen LogP contribution in [0, 0.1) is 0 Å². The van der Waals surface area contributed by atoms with Crippen LogP contribution in [0.25, 0.3) is 0 Å². The second-order valence-electron chi connectivity index (χ2n) is 6.43. The lowest BCUT2D eigenvalue weighted by Gasteiger charge is -2.43. The van der Waals surface area contributed by atoms with E-state index in [-0.39, 0.29) is 11.3 Å². The first-order chi connectivity index (χ1) is 11.1. The second kappa shape index (κ2) is 7.39. The van der Waals surface area contributed by atoms with Crippen molar-refractivity contribution in [1.82, 2.24) is 10.2 Å². The number of ether oxygens (including phenoxy) is 1. The number of carbonyl (C=O) groups is 1. The maximum atomic E-state index is 12.2. The van der Waals surface area contributed by atoms with Gasteiger partial charge in [0.15, 0.2) is 0 Å². The Hall–Kier alpha value is -0.810. The minimum atomic E-state index is 0.00883. The molecule has 6 heteroatoms. The number of halogens is 2. The maximum Gasteiger partial charge on any atom is 0.234 e. The quantitative estimate of drug-likeness (QED) is 0.881. The molecule has 0 bridgehead atoms. The van der Waals surface area contributed by atoms with Crippen molar-refractivity contribution in [3.63, 3.8) is 0 Å². The molecular weight excluding hydrogens is 335 g/mol. The van der Waals surface area contributed by atoms with Gasteiger partial charge in [-0.1, -0.05) is 35.7 Å². The molecule has 1 saturated heterocycles. The van der Waals surface area contributed by atoms with E-state index in [0.717, 1.165) is 25.9 Å².